The summed E-state index contributed by atoms with van der Waals surface area (Å²) in [4.78, 5) is 19.3. The quantitative estimate of drug-likeness (QED) is 0.397. The van der Waals surface area contributed by atoms with Crippen molar-refractivity contribution in [2.24, 2.45) is 0 Å². The first-order chi connectivity index (χ1) is 13.7. The lowest BCUT2D eigenvalue weighted by molar-refractivity contribution is 0.0745. The van der Waals surface area contributed by atoms with E-state index in [9.17, 15) is 4.79 Å². The van der Waals surface area contributed by atoms with Gasteiger partial charge in [0.05, 0.1) is 10.2 Å². The summed E-state index contributed by atoms with van der Waals surface area (Å²) < 4.78 is 6.96. The minimum absolute atomic E-state index is 0.136. The van der Waals surface area contributed by atoms with Crippen molar-refractivity contribution in [1.82, 2.24) is 9.88 Å². The summed E-state index contributed by atoms with van der Waals surface area (Å²) in [6.45, 7) is 4.85. The van der Waals surface area contributed by atoms with Crippen LogP contribution in [0.2, 0.25) is 0 Å². The third-order valence-corrected chi connectivity index (χ3v) is 5.52. The molecule has 2 aromatic heterocycles. The van der Waals surface area contributed by atoms with Gasteiger partial charge < -0.3 is 9.32 Å². The van der Waals surface area contributed by atoms with Crippen molar-refractivity contribution in [3.63, 3.8) is 0 Å². The molecule has 0 spiro atoms. The summed E-state index contributed by atoms with van der Waals surface area (Å²) in [5.74, 6) is 0.804. The highest BCUT2D eigenvalue weighted by Crippen LogP contribution is 2.31. The molecule has 1 amide bonds. The second-order valence-electron chi connectivity index (χ2n) is 6.43. The summed E-state index contributed by atoms with van der Waals surface area (Å²) in [7, 11) is 0. The Bertz CT molecular complexity index is 1060. The molecule has 0 N–H and O–H groups in total. The summed E-state index contributed by atoms with van der Waals surface area (Å²) in [5, 5.41) is 0.778. The van der Waals surface area contributed by atoms with Crippen molar-refractivity contribution in [2.45, 2.75) is 6.42 Å². The molecule has 140 valence electrons. The molecule has 0 fully saturated rings. The standard InChI is InChI=1S/C23H20N2O2S/c1-2-15-25(16-14-17-8-4-3-5-9-17)23(26)20-13-12-19(27-20)22-24-18-10-6-7-11-21(18)28-22/h2-13H,1,14-16H2. The summed E-state index contributed by atoms with van der Waals surface area (Å²) in [5.41, 5.74) is 2.13. The van der Waals surface area contributed by atoms with Crippen LogP contribution in [-0.2, 0) is 6.42 Å². The van der Waals surface area contributed by atoms with Crippen LogP contribution in [0.25, 0.3) is 21.0 Å². The van der Waals surface area contributed by atoms with Crippen LogP contribution < -0.4 is 0 Å². The van der Waals surface area contributed by atoms with E-state index in [1.165, 1.54) is 5.56 Å². The second-order valence-corrected chi connectivity index (χ2v) is 7.46. The molecule has 4 aromatic rings. The molecule has 0 atom stereocenters. The summed E-state index contributed by atoms with van der Waals surface area (Å²) in [6, 6.07) is 21.6. The Kier molecular flexibility index (Phi) is 5.35. The molecule has 0 bridgehead atoms. The van der Waals surface area contributed by atoms with Crippen molar-refractivity contribution in [3.8, 4) is 10.8 Å². The van der Waals surface area contributed by atoms with Crippen molar-refractivity contribution in [3.05, 3.63) is 90.7 Å². The molecule has 0 unspecified atom stereocenters. The molecule has 2 heterocycles. The number of benzene rings is 2. The number of amides is 1. The molecule has 0 aliphatic rings. The van der Waals surface area contributed by atoms with Crippen LogP contribution in [0.5, 0.6) is 0 Å². The Morgan fingerprint density at radius 2 is 1.86 bits per heavy atom. The van der Waals surface area contributed by atoms with Crippen molar-refractivity contribution in [1.29, 1.82) is 0 Å². The number of para-hydroxylation sites is 1. The number of carbonyl (C=O) groups excluding carboxylic acids is 1. The number of aromatic nitrogens is 1. The van der Waals surface area contributed by atoms with Gasteiger partial charge >= 0.3 is 0 Å². The highest BCUT2D eigenvalue weighted by Gasteiger charge is 2.20. The zero-order valence-corrected chi connectivity index (χ0v) is 16.2. The van der Waals surface area contributed by atoms with Gasteiger partial charge in [0.1, 0.15) is 0 Å². The topological polar surface area (TPSA) is 46.3 Å². The van der Waals surface area contributed by atoms with Gasteiger partial charge in [-0.3, -0.25) is 4.79 Å². The zero-order chi connectivity index (χ0) is 19.3. The largest absolute Gasteiger partial charge is 0.448 e. The van der Waals surface area contributed by atoms with Crippen LogP contribution in [-0.4, -0.2) is 28.9 Å². The van der Waals surface area contributed by atoms with E-state index in [0.29, 0.717) is 24.6 Å². The van der Waals surface area contributed by atoms with E-state index in [1.54, 1.807) is 28.4 Å². The van der Waals surface area contributed by atoms with Gasteiger partial charge in [-0.2, -0.15) is 0 Å². The number of fused-ring (bicyclic) bond motifs is 1. The Balaban J connectivity index is 1.51. The first-order valence-electron chi connectivity index (χ1n) is 9.14. The number of carbonyl (C=O) groups is 1. The minimum Gasteiger partial charge on any atom is -0.448 e. The number of thiazole rings is 1. The van der Waals surface area contributed by atoms with Gasteiger partial charge in [-0.1, -0.05) is 48.5 Å². The Labute approximate surface area is 167 Å². The van der Waals surface area contributed by atoms with E-state index < -0.39 is 0 Å². The Morgan fingerprint density at radius 3 is 2.64 bits per heavy atom. The van der Waals surface area contributed by atoms with E-state index in [2.05, 4.69) is 23.7 Å². The molecular weight excluding hydrogens is 368 g/mol. The van der Waals surface area contributed by atoms with Crippen LogP contribution in [0.1, 0.15) is 16.1 Å². The maximum absolute atomic E-state index is 12.9. The third kappa shape index (κ3) is 3.89. The van der Waals surface area contributed by atoms with Gasteiger partial charge in [0.2, 0.25) is 0 Å². The van der Waals surface area contributed by atoms with Crippen molar-refractivity contribution >= 4 is 27.5 Å². The highest BCUT2D eigenvalue weighted by molar-refractivity contribution is 7.21. The molecule has 2 aromatic carbocycles. The first kappa shape index (κ1) is 18.2. The minimum atomic E-state index is -0.136. The summed E-state index contributed by atoms with van der Waals surface area (Å²) in [6.07, 6.45) is 2.52. The van der Waals surface area contributed by atoms with Gasteiger partial charge in [0, 0.05) is 13.1 Å². The Morgan fingerprint density at radius 1 is 1.07 bits per heavy atom. The first-order valence-corrected chi connectivity index (χ1v) is 9.96. The van der Waals surface area contributed by atoms with Crippen molar-refractivity contribution < 1.29 is 9.21 Å². The van der Waals surface area contributed by atoms with Gasteiger partial charge in [0.15, 0.2) is 16.5 Å². The SMILES string of the molecule is C=CCN(CCc1ccccc1)C(=O)c1ccc(-c2nc3ccccc3s2)o1. The molecule has 0 aliphatic heterocycles. The molecule has 4 nitrogen and oxygen atoms in total. The fourth-order valence-corrected chi connectivity index (χ4v) is 3.97. The van der Waals surface area contributed by atoms with E-state index in [1.807, 2.05) is 48.5 Å². The molecule has 4 rings (SSSR count). The maximum Gasteiger partial charge on any atom is 0.289 e. The third-order valence-electron chi connectivity index (χ3n) is 4.47. The van der Waals surface area contributed by atoms with Crippen LogP contribution in [0.4, 0.5) is 0 Å². The molecular formula is C23H20N2O2S. The van der Waals surface area contributed by atoms with Crippen LogP contribution in [0.3, 0.4) is 0 Å². The molecule has 28 heavy (non-hydrogen) atoms. The average Bonchev–Trinajstić information content (AvgIpc) is 3.38. The van der Waals surface area contributed by atoms with Crippen LogP contribution >= 0.6 is 11.3 Å². The monoisotopic (exact) mass is 388 g/mol. The van der Waals surface area contributed by atoms with Crippen LogP contribution in [0.15, 0.2) is 83.8 Å². The van der Waals surface area contributed by atoms with Gasteiger partial charge in [-0.15, -0.1) is 17.9 Å². The predicted octanol–water partition coefficient (Wildman–Crippen LogP) is 5.43. The van der Waals surface area contributed by atoms with E-state index >= 15 is 0 Å². The van der Waals surface area contributed by atoms with Crippen LogP contribution in [0, 0.1) is 0 Å². The number of hydrogen-bond donors (Lipinski definition) is 0. The van der Waals surface area contributed by atoms with Gasteiger partial charge in [-0.25, -0.2) is 4.98 Å². The number of rotatable bonds is 7. The zero-order valence-electron chi connectivity index (χ0n) is 15.4. The van der Waals surface area contributed by atoms with Gasteiger partial charge in [0.25, 0.3) is 5.91 Å². The smallest absolute Gasteiger partial charge is 0.289 e. The van der Waals surface area contributed by atoms with E-state index in [0.717, 1.165) is 21.6 Å². The van der Waals surface area contributed by atoms with Gasteiger partial charge in [-0.05, 0) is 36.2 Å². The number of furan rings is 1. The lowest BCUT2D eigenvalue weighted by Gasteiger charge is -2.20. The van der Waals surface area contributed by atoms with E-state index in [4.69, 9.17) is 4.42 Å². The van der Waals surface area contributed by atoms with Crippen molar-refractivity contribution in [2.75, 3.05) is 13.1 Å². The predicted molar refractivity (Wildman–Crippen MR) is 114 cm³/mol. The lowest BCUT2D eigenvalue weighted by atomic mass is 10.1. The average molecular weight is 388 g/mol. The molecule has 5 heteroatoms. The molecule has 0 saturated heterocycles. The normalized spacial score (nSPS) is 10.9. The maximum atomic E-state index is 12.9. The molecule has 0 aliphatic carbocycles. The Hall–Kier alpha value is -3.18. The number of hydrogen-bond acceptors (Lipinski definition) is 4. The highest BCUT2D eigenvalue weighted by atomic mass is 32.1. The molecule has 0 radical (unpaired) electrons. The van der Waals surface area contributed by atoms with E-state index in [-0.39, 0.29) is 5.91 Å². The second kappa shape index (κ2) is 8.23. The summed E-state index contributed by atoms with van der Waals surface area (Å²) >= 11 is 1.56. The fourth-order valence-electron chi connectivity index (χ4n) is 3.04. The molecule has 0 saturated carbocycles. The lowest BCUT2D eigenvalue weighted by Crippen LogP contribution is -2.32. The number of nitrogens with zero attached hydrogens (tertiary/aromatic N) is 2. The fraction of sp³-hybridized carbons (Fsp3) is 0.130.